The molecule has 2 heterocycles. The van der Waals surface area contributed by atoms with Crippen molar-refractivity contribution in [1.29, 1.82) is 0 Å². The van der Waals surface area contributed by atoms with Crippen LogP contribution in [-0.2, 0) is 0 Å². The predicted octanol–water partition coefficient (Wildman–Crippen LogP) is 2.28. The molecule has 3 rings (SSSR count). The van der Waals surface area contributed by atoms with Crippen molar-refractivity contribution in [3.8, 4) is 5.69 Å². The van der Waals surface area contributed by atoms with Crippen LogP contribution in [0.15, 0.2) is 55.0 Å². The zero-order valence-corrected chi connectivity index (χ0v) is 10.6. The summed E-state index contributed by atoms with van der Waals surface area (Å²) in [5.74, 6) is 0.816. The first-order valence-corrected chi connectivity index (χ1v) is 6.14. The van der Waals surface area contributed by atoms with Gasteiger partial charge in [0.25, 0.3) is 5.69 Å². The Morgan fingerprint density at radius 3 is 2.75 bits per heavy atom. The molecule has 0 saturated heterocycles. The van der Waals surface area contributed by atoms with Crippen LogP contribution < -0.4 is 5.32 Å². The average Bonchev–Trinajstić information content (AvgIpc) is 2.97. The molecule has 0 saturated carbocycles. The molecule has 1 N–H and O–H groups in total. The second-order valence-corrected chi connectivity index (χ2v) is 4.30. The topological polar surface area (TPSA) is 73.0 Å². The van der Waals surface area contributed by atoms with Gasteiger partial charge in [-0.05, 0) is 24.4 Å². The van der Waals surface area contributed by atoms with E-state index in [4.69, 9.17) is 0 Å². The van der Waals surface area contributed by atoms with Crippen molar-refractivity contribution >= 4 is 11.3 Å². The van der Waals surface area contributed by atoms with Gasteiger partial charge in [0, 0.05) is 42.3 Å². The predicted molar refractivity (Wildman–Crippen MR) is 75.3 cm³/mol. The van der Waals surface area contributed by atoms with Gasteiger partial charge in [0.05, 0.1) is 4.92 Å². The fourth-order valence-corrected chi connectivity index (χ4v) is 2.08. The Labute approximate surface area is 115 Å². The Morgan fingerprint density at radius 1 is 1.30 bits per heavy atom. The Morgan fingerprint density at radius 2 is 2.10 bits per heavy atom. The molecule has 6 heteroatoms. The molecule has 0 radical (unpaired) electrons. The Hall–Kier alpha value is -2.89. The highest BCUT2D eigenvalue weighted by atomic mass is 16.6. The molecule has 20 heavy (non-hydrogen) atoms. The second kappa shape index (κ2) is 5.00. The molecule has 1 aliphatic rings. The van der Waals surface area contributed by atoms with Crippen molar-refractivity contribution in [3.63, 3.8) is 0 Å². The highest BCUT2D eigenvalue weighted by molar-refractivity contribution is 5.72. The maximum Gasteiger partial charge on any atom is 0.269 e. The van der Waals surface area contributed by atoms with E-state index in [9.17, 15) is 10.1 Å². The van der Waals surface area contributed by atoms with Gasteiger partial charge in [0.2, 0.25) is 0 Å². The number of hydrogen-bond donors (Lipinski definition) is 1. The van der Waals surface area contributed by atoms with E-state index in [2.05, 4.69) is 10.3 Å². The molecular weight excluding hydrogens is 256 g/mol. The van der Waals surface area contributed by atoms with Gasteiger partial charge in [0.1, 0.15) is 5.82 Å². The molecule has 6 nitrogen and oxygen atoms in total. The molecule has 0 amide bonds. The molecule has 0 bridgehead atoms. The van der Waals surface area contributed by atoms with Gasteiger partial charge in [-0.15, -0.1) is 0 Å². The molecule has 0 atom stereocenters. The quantitative estimate of drug-likeness (QED) is 0.684. The maximum atomic E-state index is 10.7. The Kier molecular flexibility index (Phi) is 3.04. The van der Waals surface area contributed by atoms with Crippen LogP contribution in [-0.4, -0.2) is 21.0 Å². The largest absolute Gasteiger partial charge is 0.387 e. The van der Waals surface area contributed by atoms with Crippen LogP contribution in [0.3, 0.4) is 0 Å². The summed E-state index contributed by atoms with van der Waals surface area (Å²) < 4.78 is 1.91. The van der Waals surface area contributed by atoms with Crippen molar-refractivity contribution in [3.05, 3.63) is 70.9 Å². The summed E-state index contributed by atoms with van der Waals surface area (Å²) in [5, 5.41) is 13.8. The molecule has 0 aliphatic carbocycles. The van der Waals surface area contributed by atoms with Gasteiger partial charge in [-0.25, -0.2) is 4.98 Å². The van der Waals surface area contributed by atoms with E-state index in [-0.39, 0.29) is 5.69 Å². The van der Waals surface area contributed by atoms with E-state index in [1.165, 1.54) is 12.1 Å². The smallest absolute Gasteiger partial charge is 0.269 e. The monoisotopic (exact) mass is 268 g/mol. The summed E-state index contributed by atoms with van der Waals surface area (Å²) in [6.07, 6.45) is 9.43. The fourth-order valence-electron chi connectivity index (χ4n) is 2.08. The van der Waals surface area contributed by atoms with Crippen molar-refractivity contribution in [2.75, 3.05) is 6.54 Å². The minimum atomic E-state index is -0.406. The number of nitro groups is 1. The van der Waals surface area contributed by atoms with Crippen LogP contribution in [0.1, 0.15) is 5.82 Å². The van der Waals surface area contributed by atoms with Crippen molar-refractivity contribution in [2.45, 2.75) is 0 Å². The van der Waals surface area contributed by atoms with Crippen molar-refractivity contribution in [2.24, 2.45) is 0 Å². The molecule has 0 spiro atoms. The van der Waals surface area contributed by atoms with E-state index in [0.29, 0.717) is 0 Å². The van der Waals surface area contributed by atoms with E-state index >= 15 is 0 Å². The van der Waals surface area contributed by atoms with Crippen LogP contribution in [0, 0.1) is 10.1 Å². The first-order chi connectivity index (χ1) is 9.75. The normalized spacial score (nSPS) is 13.7. The number of allylic oxidation sites excluding steroid dienone is 2. The minimum absolute atomic E-state index is 0.0800. The first kappa shape index (κ1) is 12.2. The van der Waals surface area contributed by atoms with Crippen LogP contribution >= 0.6 is 0 Å². The summed E-state index contributed by atoms with van der Waals surface area (Å²) in [6, 6.07) is 6.42. The lowest BCUT2D eigenvalue weighted by Gasteiger charge is -2.11. The molecule has 1 aliphatic heterocycles. The van der Waals surface area contributed by atoms with E-state index in [1.807, 2.05) is 29.1 Å². The van der Waals surface area contributed by atoms with Crippen LogP contribution in [0.2, 0.25) is 0 Å². The van der Waals surface area contributed by atoms with Gasteiger partial charge in [-0.2, -0.15) is 0 Å². The summed E-state index contributed by atoms with van der Waals surface area (Å²) in [6.45, 7) is 0.763. The molecule has 2 aromatic rings. The van der Waals surface area contributed by atoms with E-state index in [0.717, 1.165) is 23.6 Å². The number of aromatic nitrogens is 2. The number of nitro benzene ring substituents is 1. The molecule has 0 unspecified atom stereocenters. The summed E-state index contributed by atoms with van der Waals surface area (Å²) in [7, 11) is 0. The number of imidazole rings is 1. The molecule has 0 fully saturated rings. The SMILES string of the molecule is O=[N+]([O-])c1ccc(-n2ccnc2C2=CCNC=C2)cc1. The van der Waals surface area contributed by atoms with Crippen LogP contribution in [0.5, 0.6) is 0 Å². The third kappa shape index (κ3) is 2.18. The zero-order chi connectivity index (χ0) is 13.9. The van der Waals surface area contributed by atoms with Crippen LogP contribution in [0.4, 0.5) is 5.69 Å². The van der Waals surface area contributed by atoms with Crippen molar-refractivity contribution in [1.82, 2.24) is 14.9 Å². The van der Waals surface area contributed by atoms with E-state index < -0.39 is 4.92 Å². The molecule has 100 valence electrons. The Balaban J connectivity index is 1.99. The summed E-state index contributed by atoms with van der Waals surface area (Å²) in [5.41, 5.74) is 1.94. The third-order valence-electron chi connectivity index (χ3n) is 3.06. The molecule has 1 aromatic carbocycles. The average molecular weight is 268 g/mol. The van der Waals surface area contributed by atoms with Gasteiger partial charge in [-0.1, -0.05) is 6.08 Å². The summed E-state index contributed by atoms with van der Waals surface area (Å²) in [4.78, 5) is 14.6. The second-order valence-electron chi connectivity index (χ2n) is 4.30. The van der Waals surface area contributed by atoms with Gasteiger partial charge < -0.3 is 5.32 Å². The highest BCUT2D eigenvalue weighted by Crippen LogP contribution is 2.21. The number of non-ortho nitro benzene ring substituents is 1. The number of hydrogen-bond acceptors (Lipinski definition) is 4. The van der Waals surface area contributed by atoms with E-state index in [1.54, 1.807) is 18.3 Å². The van der Waals surface area contributed by atoms with Crippen LogP contribution in [0.25, 0.3) is 11.3 Å². The third-order valence-corrected chi connectivity index (χ3v) is 3.06. The molecule has 1 aromatic heterocycles. The number of rotatable bonds is 3. The standard InChI is InChI=1S/C14H12N4O2/c19-18(20)13-3-1-12(2-4-13)17-10-9-16-14(17)11-5-7-15-8-6-11/h1-7,9-10,15H,8H2. The number of benzene rings is 1. The Bertz CT molecular complexity index is 698. The zero-order valence-electron chi connectivity index (χ0n) is 10.6. The number of dihydropyridines is 1. The van der Waals surface area contributed by atoms with Gasteiger partial charge in [0.15, 0.2) is 0 Å². The van der Waals surface area contributed by atoms with Gasteiger partial charge in [-0.3, -0.25) is 14.7 Å². The molecular formula is C14H12N4O2. The first-order valence-electron chi connectivity index (χ1n) is 6.14. The number of nitrogens with one attached hydrogen (secondary N) is 1. The lowest BCUT2D eigenvalue weighted by Crippen LogP contribution is -2.10. The number of nitrogens with zero attached hydrogens (tertiary/aromatic N) is 3. The minimum Gasteiger partial charge on any atom is -0.387 e. The fraction of sp³-hybridized carbons (Fsp3) is 0.0714. The summed E-state index contributed by atoms with van der Waals surface area (Å²) >= 11 is 0. The highest BCUT2D eigenvalue weighted by Gasteiger charge is 2.11. The van der Waals surface area contributed by atoms with Gasteiger partial charge >= 0.3 is 0 Å². The lowest BCUT2D eigenvalue weighted by atomic mass is 10.2. The lowest BCUT2D eigenvalue weighted by molar-refractivity contribution is -0.384. The van der Waals surface area contributed by atoms with Crippen molar-refractivity contribution < 1.29 is 4.92 Å². The maximum absolute atomic E-state index is 10.7.